The number of rotatable bonds is 1. The van der Waals surface area contributed by atoms with Crippen LogP contribution in [0.15, 0.2) is 11.6 Å². The molecule has 6 atom stereocenters. The molecule has 0 amide bonds. The van der Waals surface area contributed by atoms with Crippen molar-refractivity contribution in [1.29, 1.82) is 0 Å². The molecule has 1 saturated carbocycles. The summed E-state index contributed by atoms with van der Waals surface area (Å²) in [6.07, 6.45) is 1.21. The van der Waals surface area contributed by atoms with E-state index in [-0.39, 0.29) is 12.5 Å². The van der Waals surface area contributed by atoms with E-state index in [1.54, 1.807) is 13.8 Å². The summed E-state index contributed by atoms with van der Waals surface area (Å²) < 4.78 is 5.26. The van der Waals surface area contributed by atoms with Gasteiger partial charge in [-0.25, -0.2) is 4.79 Å². The SMILES string of the molecule is CC1CC=C2C13CC(OC(=O)C3O)C(C)(O)C2(C)CO. The Balaban J connectivity index is 2.23. The second-order valence-corrected chi connectivity index (χ2v) is 6.96. The predicted molar refractivity (Wildman–Crippen MR) is 70.6 cm³/mol. The van der Waals surface area contributed by atoms with Crippen molar-refractivity contribution in [3.63, 3.8) is 0 Å². The third-order valence-electron chi connectivity index (χ3n) is 6.20. The quantitative estimate of drug-likeness (QED) is 0.478. The summed E-state index contributed by atoms with van der Waals surface area (Å²) in [6.45, 7) is 5.14. The number of fused-ring (bicyclic) bond motifs is 1. The van der Waals surface area contributed by atoms with Gasteiger partial charge in [-0.3, -0.25) is 0 Å². The molecule has 1 spiro atoms. The molecule has 0 aromatic heterocycles. The molecule has 3 aliphatic rings. The van der Waals surface area contributed by atoms with Crippen LogP contribution in [0.3, 0.4) is 0 Å². The average molecular weight is 282 g/mol. The fourth-order valence-corrected chi connectivity index (χ4v) is 4.49. The van der Waals surface area contributed by atoms with Crippen LogP contribution in [0.25, 0.3) is 0 Å². The Morgan fingerprint density at radius 2 is 2.10 bits per heavy atom. The highest BCUT2D eigenvalue weighted by Crippen LogP contribution is 2.65. The van der Waals surface area contributed by atoms with Gasteiger partial charge in [0, 0.05) is 10.8 Å². The Labute approximate surface area is 118 Å². The number of hydrogen-bond donors (Lipinski definition) is 3. The van der Waals surface area contributed by atoms with Gasteiger partial charge in [0.2, 0.25) is 0 Å². The molecule has 0 aromatic rings. The van der Waals surface area contributed by atoms with E-state index in [1.807, 2.05) is 13.0 Å². The number of allylic oxidation sites excluding steroid dienone is 1. The zero-order valence-corrected chi connectivity index (χ0v) is 12.1. The Morgan fingerprint density at radius 1 is 1.45 bits per heavy atom. The van der Waals surface area contributed by atoms with Gasteiger partial charge in [-0.2, -0.15) is 0 Å². The number of carbonyl (C=O) groups excluding carboxylic acids is 1. The first-order valence-corrected chi connectivity index (χ1v) is 7.14. The van der Waals surface area contributed by atoms with Gasteiger partial charge in [0.05, 0.1) is 6.61 Å². The highest BCUT2D eigenvalue weighted by molar-refractivity contribution is 5.79. The van der Waals surface area contributed by atoms with Gasteiger partial charge in [0.25, 0.3) is 0 Å². The van der Waals surface area contributed by atoms with Crippen molar-refractivity contribution in [2.45, 2.75) is 51.4 Å². The molecule has 1 heterocycles. The van der Waals surface area contributed by atoms with E-state index in [4.69, 9.17) is 4.74 Å². The van der Waals surface area contributed by atoms with Crippen LogP contribution in [-0.2, 0) is 9.53 Å². The minimum Gasteiger partial charge on any atom is -0.457 e. The van der Waals surface area contributed by atoms with Crippen LogP contribution in [0.4, 0.5) is 0 Å². The lowest BCUT2D eigenvalue weighted by molar-refractivity contribution is -0.244. The molecule has 2 aliphatic carbocycles. The summed E-state index contributed by atoms with van der Waals surface area (Å²) in [5, 5.41) is 31.2. The molecule has 20 heavy (non-hydrogen) atoms. The van der Waals surface area contributed by atoms with Gasteiger partial charge in [0.1, 0.15) is 11.7 Å². The Kier molecular flexibility index (Phi) is 2.70. The number of aliphatic hydroxyl groups excluding tert-OH is 2. The van der Waals surface area contributed by atoms with E-state index in [1.165, 1.54) is 0 Å². The number of ether oxygens (including phenoxy) is 1. The van der Waals surface area contributed by atoms with Crippen LogP contribution in [0.2, 0.25) is 0 Å². The lowest BCUT2D eigenvalue weighted by atomic mass is 9.49. The molecular formula is C15H22O5. The standard InChI is InChI=1S/C15H22O5/c1-8-4-5-9-13(2,7-16)14(3,19)10-6-15(8,9)11(17)12(18)20-10/h5,8,10-11,16-17,19H,4,6-7H2,1-3H3. The number of aliphatic hydroxyl groups is 3. The Morgan fingerprint density at radius 3 is 2.70 bits per heavy atom. The van der Waals surface area contributed by atoms with E-state index >= 15 is 0 Å². The van der Waals surface area contributed by atoms with Gasteiger partial charge >= 0.3 is 5.97 Å². The largest absolute Gasteiger partial charge is 0.457 e. The molecule has 6 unspecified atom stereocenters. The first-order chi connectivity index (χ1) is 9.21. The fourth-order valence-electron chi connectivity index (χ4n) is 4.49. The second kappa shape index (κ2) is 3.84. The number of carbonyl (C=O) groups is 1. The van der Waals surface area contributed by atoms with Gasteiger partial charge in [-0.15, -0.1) is 0 Å². The van der Waals surface area contributed by atoms with Gasteiger partial charge in [-0.05, 0) is 25.7 Å². The van der Waals surface area contributed by atoms with Crippen LogP contribution in [0.5, 0.6) is 0 Å². The summed E-state index contributed by atoms with van der Waals surface area (Å²) in [4.78, 5) is 12.0. The van der Waals surface area contributed by atoms with Crippen molar-refractivity contribution < 1.29 is 24.9 Å². The van der Waals surface area contributed by atoms with Crippen molar-refractivity contribution in [2.24, 2.45) is 16.7 Å². The monoisotopic (exact) mass is 282 g/mol. The highest BCUT2D eigenvalue weighted by Gasteiger charge is 2.70. The first-order valence-electron chi connectivity index (χ1n) is 7.14. The van der Waals surface area contributed by atoms with E-state index < -0.39 is 34.6 Å². The van der Waals surface area contributed by atoms with Crippen molar-refractivity contribution in [1.82, 2.24) is 0 Å². The summed E-state index contributed by atoms with van der Waals surface area (Å²) in [5.41, 5.74) is -2.16. The van der Waals surface area contributed by atoms with Crippen molar-refractivity contribution in [3.8, 4) is 0 Å². The molecule has 2 bridgehead atoms. The smallest absolute Gasteiger partial charge is 0.336 e. The van der Waals surface area contributed by atoms with Crippen molar-refractivity contribution >= 4 is 5.97 Å². The minimum absolute atomic E-state index is 0.0878. The zero-order chi connectivity index (χ0) is 14.9. The Hall–Kier alpha value is -0.910. The molecule has 5 nitrogen and oxygen atoms in total. The van der Waals surface area contributed by atoms with Gasteiger partial charge in [0.15, 0.2) is 6.10 Å². The van der Waals surface area contributed by atoms with Crippen LogP contribution in [0.1, 0.15) is 33.6 Å². The molecule has 0 aromatic carbocycles. The van der Waals surface area contributed by atoms with E-state index in [9.17, 15) is 20.1 Å². The summed E-state index contributed by atoms with van der Waals surface area (Å²) in [5.74, 6) is -0.578. The van der Waals surface area contributed by atoms with Crippen LogP contribution in [-0.4, -0.2) is 45.7 Å². The molecule has 3 N–H and O–H groups in total. The van der Waals surface area contributed by atoms with E-state index in [0.717, 1.165) is 12.0 Å². The summed E-state index contributed by atoms with van der Waals surface area (Å²) in [7, 11) is 0. The normalized spacial score (nSPS) is 54.2. The molecule has 1 aliphatic heterocycles. The lowest BCUT2D eigenvalue weighted by Gasteiger charge is -2.61. The van der Waals surface area contributed by atoms with Gasteiger partial charge < -0.3 is 20.1 Å². The van der Waals surface area contributed by atoms with E-state index in [2.05, 4.69) is 0 Å². The summed E-state index contributed by atoms with van der Waals surface area (Å²) in [6, 6.07) is 0. The molecule has 1 saturated heterocycles. The van der Waals surface area contributed by atoms with E-state index in [0.29, 0.717) is 6.42 Å². The number of esters is 1. The fraction of sp³-hybridized carbons (Fsp3) is 0.800. The topological polar surface area (TPSA) is 87.0 Å². The second-order valence-electron chi connectivity index (χ2n) is 6.96. The van der Waals surface area contributed by atoms with Crippen LogP contribution < -0.4 is 0 Å². The molecule has 0 radical (unpaired) electrons. The highest BCUT2D eigenvalue weighted by atomic mass is 16.6. The predicted octanol–water partition coefficient (Wildman–Crippen LogP) is 0.379. The Bertz CT molecular complexity index is 496. The maximum absolute atomic E-state index is 12.0. The van der Waals surface area contributed by atoms with Crippen LogP contribution >= 0.6 is 0 Å². The minimum atomic E-state index is -1.35. The third kappa shape index (κ3) is 1.27. The van der Waals surface area contributed by atoms with Gasteiger partial charge in [-0.1, -0.05) is 25.5 Å². The molecular weight excluding hydrogens is 260 g/mol. The molecule has 2 fully saturated rings. The zero-order valence-electron chi connectivity index (χ0n) is 12.1. The lowest BCUT2D eigenvalue weighted by Crippen LogP contribution is -2.70. The van der Waals surface area contributed by atoms with Crippen LogP contribution in [0, 0.1) is 16.7 Å². The average Bonchev–Trinajstić information content (AvgIpc) is 2.72. The maximum atomic E-state index is 12.0. The first kappa shape index (κ1) is 14.0. The van der Waals surface area contributed by atoms with Crippen molar-refractivity contribution in [3.05, 3.63) is 11.6 Å². The molecule has 5 heteroatoms. The third-order valence-corrected chi connectivity index (χ3v) is 6.20. The number of hydrogen-bond acceptors (Lipinski definition) is 5. The molecule has 112 valence electrons. The molecule has 3 rings (SSSR count). The maximum Gasteiger partial charge on any atom is 0.336 e. The summed E-state index contributed by atoms with van der Waals surface area (Å²) >= 11 is 0. The van der Waals surface area contributed by atoms with Crippen molar-refractivity contribution in [2.75, 3.05) is 6.61 Å².